The van der Waals surface area contributed by atoms with Gasteiger partial charge in [0.2, 0.25) is 0 Å². The molecule has 0 spiro atoms. The third-order valence-corrected chi connectivity index (χ3v) is 0.973. The second kappa shape index (κ2) is 3.21. The molecule has 0 aliphatic heterocycles. The third kappa shape index (κ3) is 2.82. The largest absolute Gasteiger partial charge is 0.377 e. The zero-order valence-electron chi connectivity index (χ0n) is 3.84. The zero-order valence-corrected chi connectivity index (χ0v) is 4.60. The highest BCUT2D eigenvalue weighted by molar-refractivity contribution is 6.18. The van der Waals surface area contributed by atoms with Crippen molar-refractivity contribution in [2.45, 2.75) is 12.3 Å². The standard InChI is InChI=1S/C3H9ClN2O/c4-1-2(5)3(6)7/h2-3,7H,1,5-6H2. The Hall–Kier alpha value is 0.170. The molecule has 3 nitrogen and oxygen atoms in total. The van der Waals surface area contributed by atoms with Gasteiger partial charge in [0.05, 0.1) is 6.04 Å². The van der Waals surface area contributed by atoms with E-state index in [1.165, 1.54) is 0 Å². The minimum atomic E-state index is -0.988. The van der Waals surface area contributed by atoms with Crippen LogP contribution in [0.4, 0.5) is 0 Å². The van der Waals surface area contributed by atoms with Crippen LogP contribution < -0.4 is 11.5 Å². The molecule has 0 aromatic carbocycles. The van der Waals surface area contributed by atoms with Crippen LogP contribution in [0, 0.1) is 0 Å². The number of rotatable bonds is 2. The fourth-order valence-corrected chi connectivity index (χ4v) is 0.274. The highest BCUT2D eigenvalue weighted by Crippen LogP contribution is 1.83. The number of halogens is 1. The smallest absolute Gasteiger partial charge is 0.118 e. The topological polar surface area (TPSA) is 72.3 Å². The van der Waals surface area contributed by atoms with Gasteiger partial charge in [0.15, 0.2) is 0 Å². The monoisotopic (exact) mass is 124 g/mol. The van der Waals surface area contributed by atoms with E-state index in [1.807, 2.05) is 0 Å². The lowest BCUT2D eigenvalue weighted by atomic mass is 10.3. The Morgan fingerprint density at radius 1 is 1.57 bits per heavy atom. The second-order valence-corrected chi connectivity index (χ2v) is 1.62. The van der Waals surface area contributed by atoms with Crippen molar-refractivity contribution in [1.29, 1.82) is 0 Å². The first-order chi connectivity index (χ1) is 3.18. The van der Waals surface area contributed by atoms with E-state index in [4.69, 9.17) is 28.2 Å². The van der Waals surface area contributed by atoms with Crippen molar-refractivity contribution in [3.8, 4) is 0 Å². The minimum Gasteiger partial charge on any atom is -0.377 e. The molecule has 0 amide bonds. The van der Waals surface area contributed by atoms with Crippen LogP contribution in [0.2, 0.25) is 0 Å². The molecule has 0 aromatic heterocycles. The van der Waals surface area contributed by atoms with Gasteiger partial charge in [-0.15, -0.1) is 11.6 Å². The summed E-state index contributed by atoms with van der Waals surface area (Å²) in [5.41, 5.74) is 10.0. The molecule has 4 heteroatoms. The number of hydrogen-bond acceptors (Lipinski definition) is 3. The SMILES string of the molecule is NC(O)C(N)CCl. The first kappa shape index (κ1) is 7.17. The molecule has 44 valence electrons. The van der Waals surface area contributed by atoms with Crippen LogP contribution in [-0.2, 0) is 0 Å². The van der Waals surface area contributed by atoms with Gasteiger partial charge in [-0.05, 0) is 0 Å². The van der Waals surface area contributed by atoms with E-state index < -0.39 is 12.3 Å². The van der Waals surface area contributed by atoms with Gasteiger partial charge >= 0.3 is 0 Å². The molecular weight excluding hydrogens is 115 g/mol. The van der Waals surface area contributed by atoms with Crippen LogP contribution in [0.5, 0.6) is 0 Å². The van der Waals surface area contributed by atoms with Gasteiger partial charge in [-0.25, -0.2) is 0 Å². The second-order valence-electron chi connectivity index (χ2n) is 1.31. The maximum Gasteiger partial charge on any atom is 0.118 e. The predicted octanol–water partition coefficient (Wildman–Crippen LogP) is -1.17. The Kier molecular flexibility index (Phi) is 3.29. The van der Waals surface area contributed by atoms with Crippen molar-refractivity contribution in [1.82, 2.24) is 0 Å². The zero-order chi connectivity index (χ0) is 5.86. The number of alkyl halides is 1. The van der Waals surface area contributed by atoms with E-state index in [1.54, 1.807) is 0 Å². The molecule has 0 bridgehead atoms. The van der Waals surface area contributed by atoms with Gasteiger partial charge in [0, 0.05) is 5.88 Å². The van der Waals surface area contributed by atoms with E-state index in [-0.39, 0.29) is 5.88 Å². The molecule has 0 radical (unpaired) electrons. The highest BCUT2D eigenvalue weighted by atomic mass is 35.5. The van der Waals surface area contributed by atoms with E-state index in [2.05, 4.69) is 0 Å². The lowest BCUT2D eigenvalue weighted by molar-refractivity contribution is 0.159. The summed E-state index contributed by atoms with van der Waals surface area (Å²) in [6.45, 7) is 0. The lowest BCUT2D eigenvalue weighted by Crippen LogP contribution is -2.42. The van der Waals surface area contributed by atoms with Gasteiger partial charge in [0.1, 0.15) is 6.23 Å². The normalized spacial score (nSPS) is 18.9. The van der Waals surface area contributed by atoms with Gasteiger partial charge in [-0.2, -0.15) is 0 Å². The molecule has 0 aromatic rings. The summed E-state index contributed by atoms with van der Waals surface area (Å²) in [5.74, 6) is 0.192. The molecule has 0 aliphatic carbocycles. The number of aliphatic hydroxyl groups excluding tert-OH is 1. The average molecular weight is 125 g/mol. The first-order valence-electron chi connectivity index (χ1n) is 1.93. The Morgan fingerprint density at radius 3 is 2.00 bits per heavy atom. The van der Waals surface area contributed by atoms with E-state index in [0.717, 1.165) is 0 Å². The maximum absolute atomic E-state index is 8.39. The van der Waals surface area contributed by atoms with Crippen molar-refractivity contribution in [3.63, 3.8) is 0 Å². The third-order valence-electron chi connectivity index (χ3n) is 0.617. The van der Waals surface area contributed by atoms with Crippen LogP contribution in [-0.4, -0.2) is 23.3 Å². The highest BCUT2D eigenvalue weighted by Gasteiger charge is 2.05. The molecule has 0 saturated heterocycles. The van der Waals surface area contributed by atoms with Crippen molar-refractivity contribution in [2.75, 3.05) is 5.88 Å². The summed E-state index contributed by atoms with van der Waals surface area (Å²) in [6, 6.07) is -0.498. The minimum absolute atomic E-state index is 0.192. The fourth-order valence-electron chi connectivity index (χ4n) is 0.0913. The summed E-state index contributed by atoms with van der Waals surface area (Å²) < 4.78 is 0. The molecule has 2 unspecified atom stereocenters. The Balaban J connectivity index is 3.14. The van der Waals surface area contributed by atoms with Crippen LogP contribution >= 0.6 is 11.6 Å². The van der Waals surface area contributed by atoms with Crippen LogP contribution in [0.15, 0.2) is 0 Å². The van der Waals surface area contributed by atoms with Gasteiger partial charge in [-0.1, -0.05) is 0 Å². The van der Waals surface area contributed by atoms with Crippen LogP contribution in [0.1, 0.15) is 0 Å². The Bertz CT molecular complexity index is 50.2. The quantitative estimate of drug-likeness (QED) is 0.321. The van der Waals surface area contributed by atoms with E-state index in [9.17, 15) is 0 Å². The number of hydrogen-bond donors (Lipinski definition) is 3. The summed E-state index contributed by atoms with van der Waals surface area (Å²) in [4.78, 5) is 0. The summed E-state index contributed by atoms with van der Waals surface area (Å²) in [7, 11) is 0. The van der Waals surface area contributed by atoms with Crippen molar-refractivity contribution in [3.05, 3.63) is 0 Å². The molecule has 0 heterocycles. The van der Waals surface area contributed by atoms with E-state index >= 15 is 0 Å². The van der Waals surface area contributed by atoms with Crippen molar-refractivity contribution >= 4 is 11.6 Å². The van der Waals surface area contributed by atoms with Gasteiger partial charge < -0.3 is 16.6 Å². The maximum atomic E-state index is 8.39. The molecule has 0 saturated carbocycles. The Labute approximate surface area is 47.2 Å². The van der Waals surface area contributed by atoms with Crippen LogP contribution in [0.25, 0.3) is 0 Å². The number of nitrogens with two attached hydrogens (primary N) is 2. The summed E-state index contributed by atoms with van der Waals surface area (Å²) in [5, 5.41) is 8.39. The van der Waals surface area contributed by atoms with Gasteiger partial charge in [0.25, 0.3) is 0 Å². The molecule has 7 heavy (non-hydrogen) atoms. The van der Waals surface area contributed by atoms with E-state index in [0.29, 0.717) is 0 Å². The molecule has 0 aliphatic rings. The molecule has 0 rings (SSSR count). The predicted molar refractivity (Wildman–Crippen MR) is 28.9 cm³/mol. The summed E-state index contributed by atoms with van der Waals surface area (Å²) >= 11 is 5.18. The fraction of sp³-hybridized carbons (Fsp3) is 1.00. The average Bonchev–Trinajstić information content (AvgIpc) is 1.65. The molecule has 2 atom stereocenters. The van der Waals surface area contributed by atoms with Crippen LogP contribution in [0.3, 0.4) is 0 Å². The molecule has 5 N–H and O–H groups in total. The van der Waals surface area contributed by atoms with Crippen molar-refractivity contribution < 1.29 is 5.11 Å². The van der Waals surface area contributed by atoms with Crippen molar-refractivity contribution in [2.24, 2.45) is 11.5 Å². The summed E-state index contributed by atoms with van der Waals surface area (Å²) in [6.07, 6.45) is -0.988. The molecule has 0 fully saturated rings. The molecular formula is C3H9ClN2O. The Morgan fingerprint density at radius 2 is 2.00 bits per heavy atom. The van der Waals surface area contributed by atoms with Gasteiger partial charge in [-0.3, -0.25) is 0 Å². The number of aliphatic hydroxyl groups is 1. The lowest BCUT2D eigenvalue weighted by Gasteiger charge is -2.08. The first-order valence-corrected chi connectivity index (χ1v) is 2.47.